The van der Waals surface area contributed by atoms with Gasteiger partial charge in [-0.15, -0.1) is 0 Å². The number of pyridine rings is 1. The van der Waals surface area contributed by atoms with Crippen molar-refractivity contribution in [1.29, 1.82) is 0 Å². The standard InChI is InChI=1S/C25H19F2N3O7/c1-35-13-37-19-3-4-21-23(11-19)29(17-8-18(30(33)34)10-20(9-17)36-2)12-22(24(21)31)25(32)28-16-6-14(26)5-15(27)7-16/h3-12H,13H2,1-2H3,(H,28,32). The molecule has 3 aromatic carbocycles. The summed E-state index contributed by atoms with van der Waals surface area (Å²) < 4.78 is 44.2. The maximum atomic E-state index is 13.6. The summed E-state index contributed by atoms with van der Waals surface area (Å²) in [6.07, 6.45) is 1.17. The van der Waals surface area contributed by atoms with Gasteiger partial charge in [-0.25, -0.2) is 8.78 Å². The van der Waals surface area contributed by atoms with E-state index >= 15 is 0 Å². The van der Waals surface area contributed by atoms with Crippen LogP contribution in [0.15, 0.2) is 65.6 Å². The van der Waals surface area contributed by atoms with E-state index in [-0.39, 0.29) is 46.1 Å². The molecule has 0 bridgehead atoms. The van der Waals surface area contributed by atoms with E-state index in [9.17, 15) is 28.5 Å². The molecule has 1 aromatic heterocycles. The van der Waals surface area contributed by atoms with Gasteiger partial charge in [-0.05, 0) is 24.3 Å². The predicted molar refractivity (Wildman–Crippen MR) is 130 cm³/mol. The van der Waals surface area contributed by atoms with Gasteiger partial charge in [0.15, 0.2) is 6.79 Å². The monoisotopic (exact) mass is 511 g/mol. The van der Waals surface area contributed by atoms with Crippen molar-refractivity contribution in [3.63, 3.8) is 0 Å². The summed E-state index contributed by atoms with van der Waals surface area (Å²) in [6.45, 7) is -0.0783. The largest absolute Gasteiger partial charge is 0.496 e. The van der Waals surface area contributed by atoms with Crippen LogP contribution in [0.1, 0.15) is 10.4 Å². The second-order valence-corrected chi connectivity index (χ2v) is 7.73. The van der Waals surface area contributed by atoms with Crippen LogP contribution < -0.4 is 20.2 Å². The third-order valence-corrected chi connectivity index (χ3v) is 5.29. The molecule has 0 saturated heterocycles. The molecule has 4 rings (SSSR count). The van der Waals surface area contributed by atoms with E-state index in [0.29, 0.717) is 11.8 Å². The summed E-state index contributed by atoms with van der Waals surface area (Å²) in [6, 6.07) is 10.8. The van der Waals surface area contributed by atoms with Crippen molar-refractivity contribution >= 4 is 28.2 Å². The molecule has 0 spiro atoms. The maximum Gasteiger partial charge on any atom is 0.275 e. The molecule has 0 radical (unpaired) electrons. The molecule has 37 heavy (non-hydrogen) atoms. The Morgan fingerprint density at radius 1 is 1.03 bits per heavy atom. The lowest BCUT2D eigenvalue weighted by Gasteiger charge is -2.16. The number of amides is 1. The maximum absolute atomic E-state index is 13.6. The molecule has 1 N–H and O–H groups in total. The predicted octanol–water partition coefficient (Wildman–Crippen LogP) is 4.42. The van der Waals surface area contributed by atoms with Gasteiger partial charge < -0.3 is 24.1 Å². The first-order chi connectivity index (χ1) is 17.7. The van der Waals surface area contributed by atoms with Crippen molar-refractivity contribution in [2.75, 3.05) is 26.3 Å². The highest BCUT2D eigenvalue weighted by Gasteiger charge is 2.20. The number of halogens is 2. The minimum absolute atomic E-state index is 0.0771. The number of nitro benzene ring substituents is 1. The minimum atomic E-state index is -0.942. The number of methoxy groups -OCH3 is 2. The third kappa shape index (κ3) is 5.38. The van der Waals surface area contributed by atoms with Gasteiger partial charge in [0.1, 0.15) is 28.7 Å². The first-order valence-electron chi connectivity index (χ1n) is 10.6. The van der Waals surface area contributed by atoms with Crippen LogP contribution in [0.4, 0.5) is 20.2 Å². The Balaban J connectivity index is 1.94. The highest BCUT2D eigenvalue weighted by Crippen LogP contribution is 2.29. The van der Waals surface area contributed by atoms with E-state index in [1.54, 1.807) is 0 Å². The fraction of sp³-hybridized carbons (Fsp3) is 0.120. The van der Waals surface area contributed by atoms with Crippen molar-refractivity contribution < 1.29 is 32.7 Å². The average molecular weight is 511 g/mol. The van der Waals surface area contributed by atoms with Gasteiger partial charge in [-0.2, -0.15) is 0 Å². The van der Waals surface area contributed by atoms with Crippen molar-refractivity contribution in [3.05, 3.63) is 98.3 Å². The Morgan fingerprint density at radius 3 is 2.41 bits per heavy atom. The van der Waals surface area contributed by atoms with Crippen molar-refractivity contribution in [2.24, 2.45) is 0 Å². The van der Waals surface area contributed by atoms with Crippen LogP contribution in [0.5, 0.6) is 11.5 Å². The number of rotatable bonds is 8. The van der Waals surface area contributed by atoms with Crippen LogP contribution in [0.2, 0.25) is 0 Å². The lowest BCUT2D eigenvalue weighted by Crippen LogP contribution is -2.24. The van der Waals surface area contributed by atoms with E-state index < -0.39 is 27.9 Å². The molecule has 190 valence electrons. The molecule has 1 heterocycles. The number of carbonyl (C=O) groups is 1. The van der Waals surface area contributed by atoms with Crippen LogP contribution in [0, 0.1) is 21.7 Å². The van der Waals surface area contributed by atoms with Crippen molar-refractivity contribution in [3.8, 4) is 17.2 Å². The smallest absolute Gasteiger partial charge is 0.275 e. The van der Waals surface area contributed by atoms with Crippen LogP contribution in [0.25, 0.3) is 16.6 Å². The summed E-state index contributed by atoms with van der Waals surface area (Å²) in [5.41, 5.74) is -1.10. The lowest BCUT2D eigenvalue weighted by atomic mass is 10.1. The highest BCUT2D eigenvalue weighted by atomic mass is 19.1. The number of fused-ring (bicyclic) bond motifs is 1. The number of ether oxygens (including phenoxy) is 3. The third-order valence-electron chi connectivity index (χ3n) is 5.29. The molecule has 4 aromatic rings. The van der Waals surface area contributed by atoms with E-state index in [1.807, 2.05) is 0 Å². The van der Waals surface area contributed by atoms with Gasteiger partial charge in [0.05, 0.1) is 29.3 Å². The minimum Gasteiger partial charge on any atom is -0.496 e. The Labute approximate surface area is 207 Å². The van der Waals surface area contributed by atoms with E-state index in [4.69, 9.17) is 14.2 Å². The van der Waals surface area contributed by atoms with Crippen LogP contribution >= 0.6 is 0 Å². The number of carbonyl (C=O) groups excluding carboxylic acids is 1. The molecule has 0 aliphatic carbocycles. The van der Waals surface area contributed by atoms with Gasteiger partial charge in [-0.3, -0.25) is 19.7 Å². The SMILES string of the molecule is COCOc1ccc2c(=O)c(C(=O)Nc3cc(F)cc(F)c3)cn(-c3cc(OC)cc([N+](=O)[O-])c3)c2c1. The van der Waals surface area contributed by atoms with E-state index in [2.05, 4.69) is 5.32 Å². The van der Waals surface area contributed by atoms with Crippen molar-refractivity contribution in [1.82, 2.24) is 4.57 Å². The number of nitro groups is 1. The van der Waals surface area contributed by atoms with Crippen LogP contribution in [-0.4, -0.2) is 36.4 Å². The number of anilines is 1. The zero-order chi connectivity index (χ0) is 26.7. The second kappa shape index (κ2) is 10.4. The quantitative estimate of drug-likeness (QED) is 0.211. The Hall–Kier alpha value is -4.84. The fourth-order valence-electron chi connectivity index (χ4n) is 3.65. The second-order valence-electron chi connectivity index (χ2n) is 7.73. The fourth-order valence-corrected chi connectivity index (χ4v) is 3.65. The highest BCUT2D eigenvalue weighted by molar-refractivity contribution is 6.06. The van der Waals surface area contributed by atoms with Gasteiger partial charge in [0.25, 0.3) is 11.6 Å². The van der Waals surface area contributed by atoms with E-state index in [0.717, 1.165) is 12.1 Å². The zero-order valence-electron chi connectivity index (χ0n) is 19.5. The molecule has 0 aliphatic rings. The molecule has 0 atom stereocenters. The van der Waals surface area contributed by atoms with Gasteiger partial charge in [-0.1, -0.05) is 0 Å². The van der Waals surface area contributed by atoms with Crippen molar-refractivity contribution in [2.45, 2.75) is 0 Å². The number of aromatic nitrogens is 1. The summed E-state index contributed by atoms with van der Waals surface area (Å²) in [5.74, 6) is -2.30. The molecule has 0 saturated carbocycles. The van der Waals surface area contributed by atoms with Crippen LogP contribution in [-0.2, 0) is 4.74 Å². The Kier molecular flexibility index (Phi) is 7.11. The molecular formula is C25H19F2N3O7. The average Bonchev–Trinajstić information content (AvgIpc) is 2.86. The zero-order valence-corrected chi connectivity index (χ0v) is 19.5. The van der Waals surface area contributed by atoms with E-state index in [1.165, 1.54) is 61.4 Å². The summed E-state index contributed by atoms with van der Waals surface area (Å²) >= 11 is 0. The summed E-state index contributed by atoms with van der Waals surface area (Å²) in [5, 5.41) is 13.9. The summed E-state index contributed by atoms with van der Waals surface area (Å²) in [7, 11) is 2.77. The number of benzene rings is 3. The normalized spacial score (nSPS) is 10.8. The molecule has 1 amide bonds. The summed E-state index contributed by atoms with van der Waals surface area (Å²) in [4.78, 5) is 37.2. The first kappa shape index (κ1) is 25.3. The van der Waals surface area contributed by atoms with Crippen LogP contribution in [0.3, 0.4) is 0 Å². The molecular weight excluding hydrogens is 492 g/mol. The number of hydrogen-bond acceptors (Lipinski definition) is 7. The number of hydrogen-bond donors (Lipinski definition) is 1. The van der Waals surface area contributed by atoms with Gasteiger partial charge >= 0.3 is 0 Å². The number of non-ortho nitro benzene ring substituents is 1. The first-order valence-corrected chi connectivity index (χ1v) is 10.6. The van der Waals surface area contributed by atoms with Gasteiger partial charge in [0.2, 0.25) is 5.43 Å². The molecule has 12 heteroatoms. The number of nitrogens with zero attached hydrogens (tertiary/aromatic N) is 2. The molecule has 0 aliphatic heterocycles. The van der Waals surface area contributed by atoms with Gasteiger partial charge in [0, 0.05) is 48.6 Å². The molecule has 0 unspecified atom stereocenters. The Bertz CT molecular complexity index is 1570. The topological polar surface area (TPSA) is 122 Å². The molecule has 0 fully saturated rings. The molecule has 10 nitrogen and oxygen atoms in total. The lowest BCUT2D eigenvalue weighted by molar-refractivity contribution is -0.384. The number of nitrogens with one attached hydrogen (secondary N) is 1. The Morgan fingerprint density at radius 2 is 1.76 bits per heavy atom.